The SMILES string of the molecule is CNC1CCCN(c2cc(C)ccc2OC)C1=O. The fourth-order valence-corrected chi connectivity index (χ4v) is 2.39. The highest BCUT2D eigenvalue weighted by Gasteiger charge is 2.29. The molecule has 1 unspecified atom stereocenters. The molecule has 0 spiro atoms. The Labute approximate surface area is 108 Å². The number of benzene rings is 1. The average Bonchev–Trinajstić information content (AvgIpc) is 2.39. The molecule has 1 aromatic carbocycles. The first kappa shape index (κ1) is 12.9. The minimum atomic E-state index is -0.0797. The summed E-state index contributed by atoms with van der Waals surface area (Å²) in [5.74, 6) is 0.887. The zero-order valence-electron chi connectivity index (χ0n) is 11.2. The van der Waals surface area contributed by atoms with Crippen LogP contribution in [0.25, 0.3) is 0 Å². The second-order valence-corrected chi connectivity index (χ2v) is 4.65. The zero-order valence-corrected chi connectivity index (χ0v) is 11.2. The first-order valence-electron chi connectivity index (χ1n) is 6.30. The number of hydrogen-bond donors (Lipinski definition) is 1. The number of nitrogens with zero attached hydrogens (tertiary/aromatic N) is 1. The van der Waals surface area contributed by atoms with E-state index in [-0.39, 0.29) is 11.9 Å². The molecule has 18 heavy (non-hydrogen) atoms. The molecule has 98 valence electrons. The molecule has 1 amide bonds. The number of methoxy groups -OCH3 is 1. The number of nitrogens with one attached hydrogen (secondary N) is 1. The number of likely N-dealkylation sites (N-methyl/N-ethyl adjacent to an activating group) is 1. The molecule has 0 saturated carbocycles. The van der Waals surface area contributed by atoms with E-state index in [4.69, 9.17) is 4.74 Å². The minimum absolute atomic E-state index is 0.0797. The van der Waals surface area contributed by atoms with Gasteiger partial charge in [0.2, 0.25) is 5.91 Å². The quantitative estimate of drug-likeness (QED) is 0.885. The van der Waals surface area contributed by atoms with E-state index in [2.05, 4.69) is 5.32 Å². The van der Waals surface area contributed by atoms with Gasteiger partial charge in [0.15, 0.2) is 0 Å². The summed E-state index contributed by atoms with van der Waals surface area (Å²) in [7, 11) is 3.47. The van der Waals surface area contributed by atoms with Gasteiger partial charge in [-0.05, 0) is 44.5 Å². The van der Waals surface area contributed by atoms with Gasteiger partial charge in [0.25, 0.3) is 0 Å². The van der Waals surface area contributed by atoms with Crippen LogP contribution in [0.15, 0.2) is 18.2 Å². The van der Waals surface area contributed by atoms with E-state index >= 15 is 0 Å². The van der Waals surface area contributed by atoms with E-state index in [9.17, 15) is 4.79 Å². The largest absolute Gasteiger partial charge is 0.495 e. The molecule has 1 heterocycles. The molecule has 0 bridgehead atoms. The van der Waals surface area contributed by atoms with Crippen LogP contribution >= 0.6 is 0 Å². The molecule has 0 aliphatic carbocycles. The molecule has 1 N–H and O–H groups in total. The van der Waals surface area contributed by atoms with Crippen LogP contribution in [-0.4, -0.2) is 32.7 Å². The smallest absolute Gasteiger partial charge is 0.244 e. The molecule has 1 saturated heterocycles. The summed E-state index contributed by atoms with van der Waals surface area (Å²) in [6, 6.07) is 5.84. The van der Waals surface area contributed by atoms with Gasteiger partial charge in [-0.3, -0.25) is 4.79 Å². The van der Waals surface area contributed by atoms with E-state index < -0.39 is 0 Å². The van der Waals surface area contributed by atoms with Gasteiger partial charge < -0.3 is 15.0 Å². The summed E-state index contributed by atoms with van der Waals surface area (Å²) in [5, 5.41) is 3.07. The van der Waals surface area contributed by atoms with E-state index in [1.54, 1.807) is 7.11 Å². The highest BCUT2D eigenvalue weighted by Crippen LogP contribution is 2.31. The first-order chi connectivity index (χ1) is 8.67. The molecule has 1 aliphatic rings. The van der Waals surface area contributed by atoms with E-state index in [0.717, 1.165) is 36.4 Å². The van der Waals surface area contributed by atoms with E-state index in [1.807, 2.05) is 37.1 Å². The van der Waals surface area contributed by atoms with Crippen LogP contribution in [-0.2, 0) is 4.79 Å². The second-order valence-electron chi connectivity index (χ2n) is 4.65. The Morgan fingerprint density at radius 3 is 2.89 bits per heavy atom. The van der Waals surface area contributed by atoms with Crippen molar-refractivity contribution in [2.75, 3.05) is 25.6 Å². The Hall–Kier alpha value is -1.55. The van der Waals surface area contributed by atoms with Crippen LogP contribution in [0.4, 0.5) is 5.69 Å². The molecule has 0 radical (unpaired) electrons. The molecule has 4 nitrogen and oxygen atoms in total. The van der Waals surface area contributed by atoms with Crippen molar-refractivity contribution in [2.45, 2.75) is 25.8 Å². The number of carbonyl (C=O) groups excluding carboxylic acids is 1. The third-order valence-corrected chi connectivity index (χ3v) is 3.41. The van der Waals surface area contributed by atoms with Crippen molar-refractivity contribution in [3.8, 4) is 5.75 Å². The van der Waals surface area contributed by atoms with Gasteiger partial charge >= 0.3 is 0 Å². The van der Waals surface area contributed by atoms with Crippen molar-refractivity contribution in [2.24, 2.45) is 0 Å². The molecular weight excluding hydrogens is 228 g/mol. The lowest BCUT2D eigenvalue weighted by atomic mass is 10.0. The van der Waals surface area contributed by atoms with Crippen molar-refractivity contribution in [3.05, 3.63) is 23.8 Å². The number of aryl methyl sites for hydroxylation is 1. The van der Waals surface area contributed by atoms with Crippen molar-refractivity contribution < 1.29 is 9.53 Å². The lowest BCUT2D eigenvalue weighted by molar-refractivity contribution is -0.121. The predicted molar refractivity (Wildman–Crippen MR) is 72.2 cm³/mol. The van der Waals surface area contributed by atoms with Gasteiger partial charge in [0.1, 0.15) is 5.75 Å². The van der Waals surface area contributed by atoms with E-state index in [0.29, 0.717) is 0 Å². The summed E-state index contributed by atoms with van der Waals surface area (Å²) >= 11 is 0. The van der Waals surface area contributed by atoms with Crippen LogP contribution in [0.1, 0.15) is 18.4 Å². The minimum Gasteiger partial charge on any atom is -0.495 e. The number of amides is 1. The molecule has 1 aliphatic heterocycles. The molecule has 2 rings (SSSR count). The van der Waals surface area contributed by atoms with Gasteiger partial charge in [-0.2, -0.15) is 0 Å². The average molecular weight is 248 g/mol. The third kappa shape index (κ3) is 2.34. The van der Waals surface area contributed by atoms with Gasteiger partial charge in [0, 0.05) is 6.54 Å². The predicted octanol–water partition coefficient (Wildman–Crippen LogP) is 1.72. The molecule has 1 atom stereocenters. The van der Waals surface area contributed by atoms with Crippen molar-refractivity contribution in [3.63, 3.8) is 0 Å². The summed E-state index contributed by atoms with van der Waals surface area (Å²) in [6.45, 7) is 2.78. The first-order valence-corrected chi connectivity index (χ1v) is 6.30. The maximum atomic E-state index is 12.3. The number of rotatable bonds is 3. The molecule has 1 fully saturated rings. The van der Waals surface area contributed by atoms with Crippen LogP contribution in [0.5, 0.6) is 5.75 Å². The topological polar surface area (TPSA) is 41.6 Å². The van der Waals surface area contributed by atoms with Gasteiger partial charge in [-0.1, -0.05) is 6.07 Å². The van der Waals surface area contributed by atoms with Crippen molar-refractivity contribution in [1.82, 2.24) is 5.32 Å². The Morgan fingerprint density at radius 1 is 1.44 bits per heavy atom. The number of carbonyl (C=O) groups is 1. The summed E-state index contributed by atoms with van der Waals surface area (Å²) < 4.78 is 5.36. The summed E-state index contributed by atoms with van der Waals surface area (Å²) in [4.78, 5) is 14.2. The second kappa shape index (κ2) is 5.40. The number of hydrogen-bond acceptors (Lipinski definition) is 3. The Bertz CT molecular complexity index is 445. The van der Waals surface area contributed by atoms with Gasteiger partial charge in [-0.25, -0.2) is 0 Å². The number of ether oxygens (including phenoxy) is 1. The van der Waals surface area contributed by atoms with Crippen LogP contribution < -0.4 is 15.0 Å². The Kier molecular flexibility index (Phi) is 3.87. The lowest BCUT2D eigenvalue weighted by Crippen LogP contribution is -2.49. The van der Waals surface area contributed by atoms with Gasteiger partial charge in [0.05, 0.1) is 18.8 Å². The summed E-state index contributed by atoms with van der Waals surface area (Å²) in [6.07, 6.45) is 1.91. The van der Waals surface area contributed by atoms with Crippen LogP contribution in [0.3, 0.4) is 0 Å². The van der Waals surface area contributed by atoms with Crippen molar-refractivity contribution in [1.29, 1.82) is 0 Å². The van der Waals surface area contributed by atoms with Crippen LogP contribution in [0.2, 0.25) is 0 Å². The highest BCUT2D eigenvalue weighted by molar-refractivity contribution is 5.99. The van der Waals surface area contributed by atoms with E-state index in [1.165, 1.54) is 0 Å². The normalized spacial score (nSPS) is 20.1. The Morgan fingerprint density at radius 2 is 2.22 bits per heavy atom. The summed E-state index contributed by atoms with van der Waals surface area (Å²) in [5.41, 5.74) is 2.01. The highest BCUT2D eigenvalue weighted by atomic mass is 16.5. The maximum Gasteiger partial charge on any atom is 0.244 e. The monoisotopic (exact) mass is 248 g/mol. The maximum absolute atomic E-state index is 12.3. The molecule has 4 heteroatoms. The fourth-order valence-electron chi connectivity index (χ4n) is 2.39. The lowest BCUT2D eigenvalue weighted by Gasteiger charge is -2.33. The Balaban J connectivity index is 2.35. The standard InChI is InChI=1S/C14H20N2O2/c1-10-6-7-13(18-3)12(9-10)16-8-4-5-11(15-2)14(16)17/h6-7,9,11,15H,4-5,8H2,1-3H3. The van der Waals surface area contributed by atoms with Gasteiger partial charge in [-0.15, -0.1) is 0 Å². The fraction of sp³-hybridized carbons (Fsp3) is 0.500. The number of piperidine rings is 1. The zero-order chi connectivity index (χ0) is 13.1. The van der Waals surface area contributed by atoms with Crippen molar-refractivity contribution >= 4 is 11.6 Å². The molecular formula is C14H20N2O2. The number of anilines is 1. The third-order valence-electron chi connectivity index (χ3n) is 3.41. The molecule has 1 aromatic rings. The van der Waals surface area contributed by atoms with Crippen LogP contribution in [0, 0.1) is 6.92 Å². The molecule has 0 aromatic heterocycles.